The smallest absolute Gasteiger partial charge is 0.418 e. The van der Waals surface area contributed by atoms with Crippen LogP contribution in [0.3, 0.4) is 0 Å². The van der Waals surface area contributed by atoms with Gasteiger partial charge in [0.1, 0.15) is 6.61 Å². The Hall–Kier alpha value is -4.81. The standard InChI is InChI=1S/C42H54ClF3N8O7/c43-33-25-28(24-32(38(33)47)42(44,45)46)26-35(61-41(59)53-15-10-31(11-16-53)54-17-7-29-4-1-2-5-34(29)48-40(54)58)39(57)52-20-18-50(19-21-52)30-8-13-49(14-9-30)27-37(56)60-23-22-51-12-3-6-36(51)55/h1-2,4-5,24-25,30-31,35H,3,6-23,26-27,47H2,(H,48,58)/t35-/m1/s1. The van der Waals surface area contributed by atoms with Gasteiger partial charge in [-0.3, -0.25) is 24.2 Å². The van der Waals surface area contributed by atoms with Crippen LogP contribution in [-0.4, -0.2) is 163 Å². The maximum atomic E-state index is 14.2. The molecule has 2 aromatic rings. The molecule has 0 bridgehead atoms. The van der Waals surface area contributed by atoms with Gasteiger partial charge in [-0.25, -0.2) is 9.59 Å². The first-order valence-electron chi connectivity index (χ1n) is 21.2. The maximum Gasteiger partial charge on any atom is 0.418 e. The summed E-state index contributed by atoms with van der Waals surface area (Å²) in [4.78, 5) is 76.2. The quantitative estimate of drug-likeness (QED) is 0.246. The van der Waals surface area contributed by atoms with Gasteiger partial charge in [0.05, 0.1) is 29.4 Å². The number of alkyl halides is 3. The van der Waals surface area contributed by atoms with Gasteiger partial charge >= 0.3 is 24.3 Å². The molecule has 61 heavy (non-hydrogen) atoms. The van der Waals surface area contributed by atoms with E-state index in [4.69, 9.17) is 26.8 Å². The molecule has 5 aliphatic heterocycles. The molecule has 15 nitrogen and oxygen atoms in total. The van der Waals surface area contributed by atoms with Crippen molar-refractivity contribution in [2.24, 2.45) is 0 Å². The number of nitrogens with zero attached hydrogens (tertiary/aromatic N) is 6. The van der Waals surface area contributed by atoms with E-state index in [9.17, 15) is 37.1 Å². The average molecular weight is 875 g/mol. The minimum atomic E-state index is -4.80. The number of amides is 5. The fourth-order valence-corrected chi connectivity index (χ4v) is 9.35. The maximum absolute atomic E-state index is 14.2. The van der Waals surface area contributed by atoms with Crippen molar-refractivity contribution < 1.29 is 46.6 Å². The van der Waals surface area contributed by atoms with Crippen LogP contribution in [0.25, 0.3) is 0 Å². The number of hydrogen-bond donors (Lipinski definition) is 2. The minimum absolute atomic E-state index is 0.0422. The zero-order chi connectivity index (χ0) is 43.3. The van der Waals surface area contributed by atoms with Crippen molar-refractivity contribution in [3.05, 3.63) is 58.1 Å². The molecule has 1 atom stereocenters. The Morgan fingerprint density at radius 1 is 0.869 bits per heavy atom. The number of ether oxygens (including phenoxy) is 2. The first-order valence-corrected chi connectivity index (χ1v) is 21.6. The number of piperazine rings is 1. The number of para-hydroxylation sites is 1. The third kappa shape index (κ3) is 11.0. The molecule has 0 aliphatic carbocycles. The number of halogens is 4. The summed E-state index contributed by atoms with van der Waals surface area (Å²) in [6.45, 7) is 5.63. The zero-order valence-corrected chi connectivity index (χ0v) is 34.9. The lowest BCUT2D eigenvalue weighted by Crippen LogP contribution is -2.57. The van der Waals surface area contributed by atoms with Crippen molar-refractivity contribution in [3.8, 4) is 0 Å². The van der Waals surface area contributed by atoms with Crippen LogP contribution in [0.15, 0.2) is 36.4 Å². The molecular formula is C42H54ClF3N8O7. The minimum Gasteiger partial charge on any atom is -0.463 e. The molecule has 332 valence electrons. The topological polar surface area (TPSA) is 161 Å². The SMILES string of the molecule is Nc1c(Cl)cc(C[C@@H](OC(=O)N2CCC(N3CCc4ccccc4NC3=O)CC2)C(=O)N2CCN(C3CCN(CC(=O)OCCN4CCCC4=O)CC3)CC2)cc1C(F)(F)F. The van der Waals surface area contributed by atoms with Crippen molar-refractivity contribution in [1.82, 2.24) is 29.4 Å². The number of nitrogens with one attached hydrogen (secondary N) is 1. The summed E-state index contributed by atoms with van der Waals surface area (Å²) in [5.74, 6) is -0.747. The van der Waals surface area contributed by atoms with Gasteiger partial charge in [0.2, 0.25) is 5.91 Å². The second-order valence-electron chi connectivity index (χ2n) is 16.4. The van der Waals surface area contributed by atoms with Crippen LogP contribution in [-0.2, 0) is 42.9 Å². The van der Waals surface area contributed by atoms with Crippen LogP contribution in [0.1, 0.15) is 55.2 Å². The van der Waals surface area contributed by atoms with E-state index in [1.807, 2.05) is 24.3 Å². The zero-order valence-electron chi connectivity index (χ0n) is 34.2. The van der Waals surface area contributed by atoms with Crippen LogP contribution >= 0.6 is 11.6 Å². The number of rotatable bonds is 11. The van der Waals surface area contributed by atoms with E-state index in [1.165, 1.54) is 11.0 Å². The number of carbonyl (C=O) groups is 5. The van der Waals surface area contributed by atoms with Gasteiger partial charge in [0.15, 0.2) is 6.10 Å². The first kappa shape index (κ1) is 44.3. The summed E-state index contributed by atoms with van der Waals surface area (Å²) in [6.07, 6.45) is -2.71. The average Bonchev–Trinajstić information content (AvgIpc) is 3.57. The summed E-state index contributed by atoms with van der Waals surface area (Å²) in [7, 11) is 0. The molecule has 0 saturated carbocycles. The number of urea groups is 1. The number of nitrogen functional groups attached to an aromatic ring is 1. The Morgan fingerprint density at radius 3 is 2.26 bits per heavy atom. The normalized spacial score (nSPS) is 20.6. The molecule has 5 amide bonds. The van der Waals surface area contributed by atoms with Gasteiger partial charge in [-0.05, 0) is 67.9 Å². The number of carbonyl (C=O) groups excluding carboxylic acids is 5. The third-order valence-corrected chi connectivity index (χ3v) is 12.9. The molecule has 2 aromatic carbocycles. The molecule has 0 radical (unpaired) electrons. The largest absolute Gasteiger partial charge is 0.463 e. The Morgan fingerprint density at radius 2 is 1.57 bits per heavy atom. The predicted octanol–water partition coefficient (Wildman–Crippen LogP) is 4.32. The number of nitrogens with two attached hydrogens (primary N) is 1. The molecule has 0 unspecified atom stereocenters. The van der Waals surface area contributed by atoms with E-state index in [-0.39, 0.29) is 73.2 Å². The number of piperidine rings is 2. The van der Waals surface area contributed by atoms with E-state index in [2.05, 4.69) is 15.1 Å². The molecule has 5 heterocycles. The number of fused-ring (bicyclic) bond motifs is 1. The van der Waals surface area contributed by atoms with Gasteiger partial charge < -0.3 is 40.1 Å². The number of hydrogen-bond acceptors (Lipinski definition) is 10. The highest BCUT2D eigenvalue weighted by molar-refractivity contribution is 6.33. The van der Waals surface area contributed by atoms with Crippen LogP contribution in [0, 0.1) is 0 Å². The van der Waals surface area contributed by atoms with Crippen LogP contribution in [0.4, 0.5) is 34.1 Å². The predicted molar refractivity (Wildman–Crippen MR) is 220 cm³/mol. The first-order chi connectivity index (χ1) is 29.2. The fraction of sp³-hybridized carbons (Fsp3) is 0.595. The molecular weight excluding hydrogens is 821 g/mol. The highest BCUT2D eigenvalue weighted by atomic mass is 35.5. The lowest BCUT2D eigenvalue weighted by molar-refractivity contribution is -0.147. The number of likely N-dealkylation sites (tertiary alicyclic amines) is 3. The highest BCUT2D eigenvalue weighted by Crippen LogP contribution is 2.38. The monoisotopic (exact) mass is 874 g/mol. The Kier molecular flexibility index (Phi) is 14.1. The van der Waals surface area contributed by atoms with Gasteiger partial charge in [-0.1, -0.05) is 29.8 Å². The third-order valence-electron chi connectivity index (χ3n) is 12.6. The summed E-state index contributed by atoms with van der Waals surface area (Å²) in [5.41, 5.74) is 5.78. The Balaban J connectivity index is 0.928. The molecule has 5 aliphatic rings. The summed E-state index contributed by atoms with van der Waals surface area (Å²) >= 11 is 6.15. The van der Waals surface area contributed by atoms with Crippen LogP contribution in [0.2, 0.25) is 5.02 Å². The van der Waals surface area contributed by atoms with E-state index < -0.39 is 35.5 Å². The summed E-state index contributed by atoms with van der Waals surface area (Å²) in [6, 6.07) is 9.65. The van der Waals surface area contributed by atoms with E-state index in [0.717, 1.165) is 36.6 Å². The van der Waals surface area contributed by atoms with Crippen molar-refractivity contribution in [3.63, 3.8) is 0 Å². The van der Waals surface area contributed by atoms with Crippen molar-refractivity contribution >= 4 is 52.9 Å². The van der Waals surface area contributed by atoms with Crippen LogP contribution in [0.5, 0.6) is 0 Å². The molecule has 3 N–H and O–H groups in total. The Bertz CT molecular complexity index is 1930. The van der Waals surface area contributed by atoms with Crippen molar-refractivity contribution in [1.29, 1.82) is 0 Å². The molecule has 0 aromatic heterocycles. The van der Waals surface area contributed by atoms with Gasteiger partial charge in [0, 0.05) is 96.1 Å². The number of anilines is 2. The highest BCUT2D eigenvalue weighted by Gasteiger charge is 2.38. The molecule has 4 fully saturated rings. The molecule has 19 heteroatoms. The van der Waals surface area contributed by atoms with Gasteiger partial charge in [0.25, 0.3) is 5.91 Å². The molecule has 7 rings (SSSR count). The second-order valence-corrected chi connectivity index (χ2v) is 16.8. The van der Waals surface area contributed by atoms with Crippen molar-refractivity contribution in [2.45, 2.75) is 75.7 Å². The summed E-state index contributed by atoms with van der Waals surface area (Å²) in [5, 5.41) is 2.66. The van der Waals surface area contributed by atoms with Gasteiger partial charge in [-0.2, -0.15) is 13.2 Å². The lowest BCUT2D eigenvalue weighted by Gasteiger charge is -2.43. The number of benzene rings is 2. The fourth-order valence-electron chi connectivity index (χ4n) is 9.11. The molecule has 0 spiro atoms. The van der Waals surface area contributed by atoms with Crippen molar-refractivity contribution in [2.75, 3.05) is 96.2 Å². The van der Waals surface area contributed by atoms with E-state index in [0.29, 0.717) is 84.6 Å². The van der Waals surface area contributed by atoms with Gasteiger partial charge in [-0.15, -0.1) is 0 Å². The lowest BCUT2D eigenvalue weighted by atomic mass is 10.0. The second kappa shape index (κ2) is 19.5. The van der Waals surface area contributed by atoms with Crippen LogP contribution < -0.4 is 11.1 Å². The van der Waals surface area contributed by atoms with E-state index in [1.54, 1.807) is 14.7 Å². The van der Waals surface area contributed by atoms with E-state index >= 15 is 0 Å². The summed E-state index contributed by atoms with van der Waals surface area (Å²) < 4.78 is 53.1. The Labute approximate surface area is 358 Å². The molecule has 4 saturated heterocycles. The number of esters is 1.